The third kappa shape index (κ3) is 6.97. The van der Waals surface area contributed by atoms with Crippen LogP contribution in [0.15, 0.2) is 62.5 Å². The average Bonchev–Trinajstić information content (AvgIpc) is 2.71. The van der Waals surface area contributed by atoms with Gasteiger partial charge in [0.2, 0.25) is 0 Å². The van der Waals surface area contributed by atoms with Gasteiger partial charge in [-0.1, -0.05) is 12.1 Å². The van der Waals surface area contributed by atoms with Gasteiger partial charge in [-0.2, -0.15) is 0 Å². The van der Waals surface area contributed by atoms with Crippen molar-refractivity contribution >= 4 is 53.8 Å². The first-order valence-corrected chi connectivity index (χ1v) is 11.8. The zero-order valence-corrected chi connectivity index (χ0v) is 24.3. The van der Waals surface area contributed by atoms with Crippen LogP contribution < -0.4 is 64.4 Å². The molecule has 3 rings (SSSR count). The van der Waals surface area contributed by atoms with Crippen LogP contribution in [-0.4, -0.2) is 42.5 Å². The molecule has 0 aliphatic carbocycles. The third-order valence-electron chi connectivity index (χ3n) is 4.38. The molecular formula is C18H14N4Na2O9S2. The summed E-state index contributed by atoms with van der Waals surface area (Å²) in [7, 11) is -10.3. The van der Waals surface area contributed by atoms with Crippen molar-refractivity contribution in [3.8, 4) is 5.75 Å². The van der Waals surface area contributed by atoms with Crippen molar-refractivity contribution in [3.63, 3.8) is 0 Å². The van der Waals surface area contributed by atoms with E-state index in [9.17, 15) is 41.2 Å². The number of nitro benzene ring substituents is 1. The van der Waals surface area contributed by atoms with E-state index < -0.39 is 52.1 Å². The molecule has 0 unspecified atom stereocenters. The van der Waals surface area contributed by atoms with Crippen molar-refractivity contribution < 1.29 is 95.1 Å². The number of phenols is 1. The van der Waals surface area contributed by atoms with Crippen molar-refractivity contribution in [1.82, 2.24) is 0 Å². The minimum Gasteiger partial charge on any atom is -0.744 e. The van der Waals surface area contributed by atoms with E-state index in [1.165, 1.54) is 18.2 Å². The molecule has 0 aromatic heterocycles. The number of anilines is 1. The summed E-state index contributed by atoms with van der Waals surface area (Å²) in [5, 5.41) is 31.5. The Morgan fingerprint density at radius 2 is 1.63 bits per heavy atom. The molecule has 0 bridgehead atoms. The maximum atomic E-state index is 11.9. The van der Waals surface area contributed by atoms with Gasteiger partial charge in [-0.25, -0.2) is 16.8 Å². The fourth-order valence-electron chi connectivity index (χ4n) is 3.03. The van der Waals surface area contributed by atoms with Gasteiger partial charge in [-0.3, -0.25) is 10.1 Å². The summed E-state index contributed by atoms with van der Waals surface area (Å²) in [6.07, 6.45) is 0. The number of nitrogens with zero attached hydrogens (tertiary/aromatic N) is 3. The molecule has 0 aliphatic heterocycles. The standard InChI is InChI=1S/C18H16N4O9S2.2Na/c1-2-19-13-9-11(32(26,27)28)7-10-8-15(33(29,30)31)17(18(23)16(10)13)21-20-12-5-3-4-6-14(12)22(24)25;;/h3-9,19,23H,2H2,1H3,(H,26,27,28)(H,29,30,31);;/q;2*+1/p-2. The molecule has 0 fully saturated rings. The van der Waals surface area contributed by atoms with Gasteiger partial charge in [0.05, 0.1) is 14.7 Å². The number of phenolic OH excluding ortho intramolecular Hbond substituents is 1. The fraction of sp³-hybridized carbons (Fsp3) is 0.111. The largest absolute Gasteiger partial charge is 1.00 e. The zero-order chi connectivity index (χ0) is 24.6. The summed E-state index contributed by atoms with van der Waals surface area (Å²) in [4.78, 5) is 8.60. The topological polar surface area (TPSA) is 215 Å². The van der Waals surface area contributed by atoms with Gasteiger partial charge in [0.25, 0.3) is 5.69 Å². The molecule has 3 aromatic carbocycles. The molecule has 0 saturated heterocycles. The number of nitrogens with one attached hydrogen (secondary N) is 1. The van der Waals surface area contributed by atoms with Crippen LogP contribution >= 0.6 is 0 Å². The summed E-state index contributed by atoms with van der Waals surface area (Å²) in [6.45, 7) is 1.85. The van der Waals surface area contributed by atoms with Crippen LogP contribution in [0.3, 0.4) is 0 Å². The Labute approximate surface area is 243 Å². The Morgan fingerprint density at radius 1 is 1.00 bits per heavy atom. The molecule has 0 spiro atoms. The molecule has 174 valence electrons. The van der Waals surface area contributed by atoms with E-state index in [2.05, 4.69) is 15.5 Å². The number of hydrogen-bond acceptors (Lipinski definition) is 12. The van der Waals surface area contributed by atoms with Gasteiger partial charge in [-0.05, 0) is 36.6 Å². The predicted molar refractivity (Wildman–Crippen MR) is 113 cm³/mol. The molecule has 0 heterocycles. The second-order valence-electron chi connectivity index (χ2n) is 6.53. The maximum Gasteiger partial charge on any atom is 1.00 e. The molecule has 17 heteroatoms. The summed E-state index contributed by atoms with van der Waals surface area (Å²) >= 11 is 0. The Morgan fingerprint density at radius 3 is 2.17 bits per heavy atom. The predicted octanol–water partition coefficient (Wildman–Crippen LogP) is -2.88. The van der Waals surface area contributed by atoms with Crippen LogP contribution in [0, 0.1) is 10.1 Å². The van der Waals surface area contributed by atoms with Crippen LogP contribution in [0.1, 0.15) is 6.92 Å². The summed E-state index contributed by atoms with van der Waals surface area (Å²) in [6, 6.07) is 7.57. The molecule has 13 nitrogen and oxygen atoms in total. The molecule has 0 amide bonds. The minimum atomic E-state index is -5.30. The Hall–Kier alpha value is -1.66. The van der Waals surface area contributed by atoms with E-state index >= 15 is 0 Å². The molecule has 0 radical (unpaired) electrons. The number of para-hydroxylation sites is 1. The Bertz CT molecular complexity index is 1530. The SMILES string of the molecule is CCNc1cc(S(=O)(=O)[O-])cc2cc(S(=O)(=O)[O-])c(N=Nc3ccccc3[N+](=O)[O-])c(O)c12.[Na+].[Na+]. The zero-order valence-electron chi connectivity index (χ0n) is 18.6. The van der Waals surface area contributed by atoms with Crippen LogP contribution in [0.4, 0.5) is 22.7 Å². The van der Waals surface area contributed by atoms with Crippen molar-refractivity contribution in [1.29, 1.82) is 0 Å². The second-order valence-corrected chi connectivity index (χ2v) is 9.25. The molecule has 0 saturated carbocycles. The van der Waals surface area contributed by atoms with Crippen molar-refractivity contribution in [2.24, 2.45) is 10.2 Å². The van der Waals surface area contributed by atoms with Gasteiger partial charge < -0.3 is 19.5 Å². The number of rotatable bonds is 7. The second kappa shape index (κ2) is 12.1. The average molecular weight is 540 g/mol. The molecular weight excluding hydrogens is 526 g/mol. The maximum absolute atomic E-state index is 11.9. The number of hydrogen-bond donors (Lipinski definition) is 2. The number of aromatic hydroxyl groups is 1. The number of benzene rings is 3. The third-order valence-corrected chi connectivity index (χ3v) is 6.05. The van der Waals surface area contributed by atoms with E-state index in [0.717, 1.165) is 24.3 Å². The first kappa shape index (κ1) is 31.4. The monoisotopic (exact) mass is 540 g/mol. The first-order valence-electron chi connectivity index (χ1n) is 8.99. The van der Waals surface area contributed by atoms with Crippen molar-refractivity contribution in [2.45, 2.75) is 16.7 Å². The van der Waals surface area contributed by atoms with Crippen molar-refractivity contribution in [2.75, 3.05) is 11.9 Å². The smallest absolute Gasteiger partial charge is 0.744 e. The Kier molecular flexibility index (Phi) is 10.8. The summed E-state index contributed by atoms with van der Waals surface area (Å²) in [5.74, 6) is -0.866. The summed E-state index contributed by atoms with van der Waals surface area (Å²) in [5.41, 5.74) is -1.62. The van der Waals surface area contributed by atoms with E-state index in [1.54, 1.807) is 6.92 Å². The first-order chi connectivity index (χ1) is 15.3. The normalized spacial score (nSPS) is 11.6. The van der Waals surface area contributed by atoms with E-state index in [0.29, 0.717) is 0 Å². The van der Waals surface area contributed by atoms with Gasteiger partial charge in [-0.15, -0.1) is 10.2 Å². The van der Waals surface area contributed by atoms with Crippen LogP contribution in [0.25, 0.3) is 10.8 Å². The number of azo groups is 1. The van der Waals surface area contributed by atoms with E-state index in [1.807, 2.05) is 0 Å². The van der Waals surface area contributed by atoms with Crippen LogP contribution in [-0.2, 0) is 20.2 Å². The summed E-state index contributed by atoms with van der Waals surface area (Å²) < 4.78 is 70.1. The van der Waals surface area contributed by atoms with Crippen molar-refractivity contribution in [3.05, 3.63) is 52.6 Å². The number of fused-ring (bicyclic) bond motifs is 1. The minimum absolute atomic E-state index is 0. The Balaban J connectivity index is 0.00000306. The van der Waals surface area contributed by atoms with Gasteiger partial charge >= 0.3 is 59.1 Å². The molecule has 3 aromatic rings. The quantitative estimate of drug-likeness (QED) is 0.103. The molecule has 2 N–H and O–H groups in total. The molecule has 0 aliphatic rings. The van der Waals surface area contributed by atoms with E-state index in [-0.39, 0.29) is 87.8 Å². The van der Waals surface area contributed by atoms with Crippen LogP contribution in [0.5, 0.6) is 5.75 Å². The van der Waals surface area contributed by atoms with Gasteiger partial charge in [0, 0.05) is 23.7 Å². The number of nitro groups is 1. The van der Waals surface area contributed by atoms with Crippen LogP contribution in [0.2, 0.25) is 0 Å². The van der Waals surface area contributed by atoms with E-state index in [4.69, 9.17) is 0 Å². The fourth-order valence-corrected chi connectivity index (χ4v) is 4.21. The molecule has 35 heavy (non-hydrogen) atoms. The van der Waals surface area contributed by atoms with Gasteiger partial charge in [0.15, 0.2) is 11.4 Å². The van der Waals surface area contributed by atoms with Gasteiger partial charge in [0.1, 0.15) is 25.9 Å². The molecule has 0 atom stereocenters.